The van der Waals surface area contributed by atoms with Gasteiger partial charge in [0.25, 0.3) is 0 Å². The summed E-state index contributed by atoms with van der Waals surface area (Å²) in [6.07, 6.45) is 0. The third-order valence-corrected chi connectivity index (χ3v) is 4.43. The van der Waals surface area contributed by atoms with Gasteiger partial charge in [-0.2, -0.15) is 0 Å². The van der Waals surface area contributed by atoms with Crippen molar-refractivity contribution in [3.63, 3.8) is 0 Å². The lowest BCUT2D eigenvalue weighted by molar-refractivity contribution is 0.0697. The molecule has 1 aromatic carbocycles. The SMILES string of the molecule is CNC(c1ccccc1C)C(C)(C)N1CCNCC1. The number of hydrogen-bond acceptors (Lipinski definition) is 3. The molecular formula is C16H27N3. The zero-order valence-electron chi connectivity index (χ0n) is 12.7. The zero-order chi connectivity index (χ0) is 13.9. The van der Waals surface area contributed by atoms with Crippen LogP contribution in [0.4, 0.5) is 0 Å². The van der Waals surface area contributed by atoms with Gasteiger partial charge in [-0.25, -0.2) is 0 Å². The predicted molar refractivity (Wildman–Crippen MR) is 81.5 cm³/mol. The van der Waals surface area contributed by atoms with Gasteiger partial charge in [0.15, 0.2) is 0 Å². The summed E-state index contributed by atoms with van der Waals surface area (Å²) in [5.74, 6) is 0. The summed E-state index contributed by atoms with van der Waals surface area (Å²) in [4.78, 5) is 2.59. The zero-order valence-corrected chi connectivity index (χ0v) is 12.7. The third kappa shape index (κ3) is 2.99. The molecule has 3 heteroatoms. The molecule has 1 aliphatic heterocycles. The number of likely N-dealkylation sites (N-methyl/N-ethyl adjacent to an activating group) is 1. The van der Waals surface area contributed by atoms with Crippen molar-refractivity contribution in [3.05, 3.63) is 35.4 Å². The smallest absolute Gasteiger partial charge is 0.0501 e. The van der Waals surface area contributed by atoms with Gasteiger partial charge >= 0.3 is 0 Å². The van der Waals surface area contributed by atoms with E-state index in [-0.39, 0.29) is 5.54 Å². The second-order valence-corrected chi connectivity index (χ2v) is 5.97. The van der Waals surface area contributed by atoms with E-state index in [1.54, 1.807) is 0 Å². The monoisotopic (exact) mass is 261 g/mol. The first-order valence-electron chi connectivity index (χ1n) is 7.26. The van der Waals surface area contributed by atoms with Gasteiger partial charge in [-0.3, -0.25) is 4.90 Å². The number of nitrogens with one attached hydrogen (secondary N) is 2. The highest BCUT2D eigenvalue weighted by Gasteiger charge is 2.36. The molecule has 1 saturated heterocycles. The van der Waals surface area contributed by atoms with E-state index in [1.807, 2.05) is 0 Å². The van der Waals surface area contributed by atoms with Crippen molar-refractivity contribution in [1.82, 2.24) is 15.5 Å². The molecule has 1 unspecified atom stereocenters. The summed E-state index contributed by atoms with van der Waals surface area (Å²) in [5.41, 5.74) is 2.89. The molecule has 0 amide bonds. The van der Waals surface area contributed by atoms with E-state index in [1.165, 1.54) is 11.1 Å². The summed E-state index contributed by atoms with van der Waals surface area (Å²) < 4.78 is 0. The number of nitrogens with zero attached hydrogens (tertiary/aromatic N) is 1. The summed E-state index contributed by atoms with van der Waals surface area (Å²) >= 11 is 0. The third-order valence-electron chi connectivity index (χ3n) is 4.43. The maximum atomic E-state index is 3.53. The van der Waals surface area contributed by atoms with E-state index in [2.05, 4.69) is 67.6 Å². The molecule has 1 aromatic rings. The second kappa shape index (κ2) is 6.04. The van der Waals surface area contributed by atoms with Crippen molar-refractivity contribution in [1.29, 1.82) is 0 Å². The molecular weight excluding hydrogens is 234 g/mol. The Kier molecular flexibility index (Phi) is 4.61. The Morgan fingerprint density at radius 3 is 2.42 bits per heavy atom. The lowest BCUT2D eigenvalue weighted by atomic mass is 9.84. The maximum Gasteiger partial charge on any atom is 0.0501 e. The minimum Gasteiger partial charge on any atom is -0.314 e. The number of rotatable bonds is 4. The van der Waals surface area contributed by atoms with E-state index in [4.69, 9.17) is 0 Å². The highest BCUT2D eigenvalue weighted by molar-refractivity contribution is 5.31. The number of aryl methyl sites for hydroxylation is 1. The molecule has 106 valence electrons. The highest BCUT2D eigenvalue weighted by Crippen LogP contribution is 2.32. The molecule has 19 heavy (non-hydrogen) atoms. The number of hydrogen-bond donors (Lipinski definition) is 2. The first-order chi connectivity index (χ1) is 9.07. The van der Waals surface area contributed by atoms with Gasteiger partial charge in [0.2, 0.25) is 0 Å². The van der Waals surface area contributed by atoms with Crippen molar-refractivity contribution in [2.75, 3.05) is 33.2 Å². The van der Waals surface area contributed by atoms with Gasteiger partial charge in [0.05, 0.1) is 6.04 Å². The second-order valence-electron chi connectivity index (χ2n) is 5.97. The molecule has 2 N–H and O–H groups in total. The molecule has 2 rings (SSSR count). The fraction of sp³-hybridized carbons (Fsp3) is 0.625. The summed E-state index contributed by atoms with van der Waals surface area (Å²) in [6, 6.07) is 9.06. The van der Waals surface area contributed by atoms with Crippen molar-refractivity contribution < 1.29 is 0 Å². The van der Waals surface area contributed by atoms with Crippen molar-refractivity contribution >= 4 is 0 Å². The Balaban J connectivity index is 2.27. The molecule has 0 aromatic heterocycles. The predicted octanol–water partition coefficient (Wildman–Crippen LogP) is 1.94. The van der Waals surface area contributed by atoms with Gasteiger partial charge in [-0.05, 0) is 38.9 Å². The summed E-state index contributed by atoms with van der Waals surface area (Å²) in [7, 11) is 2.07. The molecule has 1 fully saturated rings. The molecule has 0 saturated carbocycles. The largest absolute Gasteiger partial charge is 0.314 e. The van der Waals surface area contributed by atoms with E-state index in [0.29, 0.717) is 6.04 Å². The van der Waals surface area contributed by atoms with Gasteiger partial charge < -0.3 is 10.6 Å². The normalized spacial score (nSPS) is 19.4. The number of piperazine rings is 1. The van der Waals surface area contributed by atoms with E-state index < -0.39 is 0 Å². The molecule has 1 atom stereocenters. The van der Waals surface area contributed by atoms with Crippen LogP contribution >= 0.6 is 0 Å². The molecule has 3 nitrogen and oxygen atoms in total. The van der Waals surface area contributed by atoms with Gasteiger partial charge in [0, 0.05) is 31.7 Å². The Morgan fingerprint density at radius 2 is 1.84 bits per heavy atom. The molecule has 0 spiro atoms. The van der Waals surface area contributed by atoms with Gasteiger partial charge in [-0.1, -0.05) is 24.3 Å². The van der Waals surface area contributed by atoms with Crippen LogP contribution in [0.2, 0.25) is 0 Å². The summed E-state index contributed by atoms with van der Waals surface area (Å²) in [6.45, 7) is 11.3. The Bertz CT molecular complexity index is 408. The number of benzene rings is 1. The van der Waals surface area contributed by atoms with E-state index in [9.17, 15) is 0 Å². The first kappa shape index (κ1) is 14.5. The van der Waals surface area contributed by atoms with Crippen LogP contribution in [0.1, 0.15) is 31.0 Å². The highest BCUT2D eigenvalue weighted by atomic mass is 15.3. The van der Waals surface area contributed by atoms with E-state index >= 15 is 0 Å². The van der Waals surface area contributed by atoms with Crippen LogP contribution in [0.3, 0.4) is 0 Å². The lowest BCUT2D eigenvalue weighted by Gasteiger charge is -2.46. The average molecular weight is 261 g/mol. The van der Waals surface area contributed by atoms with Crippen LogP contribution in [0, 0.1) is 6.92 Å². The molecule has 0 bridgehead atoms. The molecule has 1 heterocycles. The minimum absolute atomic E-state index is 0.114. The van der Waals surface area contributed by atoms with Crippen molar-refractivity contribution in [2.24, 2.45) is 0 Å². The maximum absolute atomic E-state index is 3.53. The van der Waals surface area contributed by atoms with Crippen LogP contribution in [-0.2, 0) is 0 Å². The van der Waals surface area contributed by atoms with Crippen molar-refractivity contribution in [2.45, 2.75) is 32.4 Å². The van der Waals surface area contributed by atoms with E-state index in [0.717, 1.165) is 26.2 Å². The lowest BCUT2D eigenvalue weighted by Crippen LogP contribution is -2.58. The Hall–Kier alpha value is -0.900. The minimum atomic E-state index is 0.114. The van der Waals surface area contributed by atoms with Crippen LogP contribution in [0.15, 0.2) is 24.3 Å². The fourth-order valence-corrected chi connectivity index (χ4v) is 3.22. The van der Waals surface area contributed by atoms with Crippen LogP contribution in [0.25, 0.3) is 0 Å². The molecule has 0 radical (unpaired) electrons. The Morgan fingerprint density at radius 1 is 1.21 bits per heavy atom. The van der Waals surface area contributed by atoms with Gasteiger partial charge in [0.1, 0.15) is 0 Å². The summed E-state index contributed by atoms with van der Waals surface area (Å²) in [5, 5.41) is 6.97. The quantitative estimate of drug-likeness (QED) is 0.867. The topological polar surface area (TPSA) is 27.3 Å². The Labute approximate surface area is 117 Å². The van der Waals surface area contributed by atoms with Crippen LogP contribution in [-0.4, -0.2) is 43.7 Å². The van der Waals surface area contributed by atoms with Crippen molar-refractivity contribution in [3.8, 4) is 0 Å². The van der Waals surface area contributed by atoms with Crippen LogP contribution in [0.5, 0.6) is 0 Å². The fourth-order valence-electron chi connectivity index (χ4n) is 3.22. The first-order valence-corrected chi connectivity index (χ1v) is 7.26. The van der Waals surface area contributed by atoms with Gasteiger partial charge in [-0.15, -0.1) is 0 Å². The average Bonchev–Trinajstić information content (AvgIpc) is 2.42. The van der Waals surface area contributed by atoms with Crippen LogP contribution < -0.4 is 10.6 Å². The molecule has 0 aliphatic carbocycles. The molecule has 1 aliphatic rings. The standard InChI is InChI=1S/C16H27N3/c1-13-7-5-6-8-14(13)15(17-4)16(2,3)19-11-9-18-10-12-19/h5-8,15,17-18H,9-12H2,1-4H3.